The molecule has 3 heteroatoms. The summed E-state index contributed by atoms with van der Waals surface area (Å²) < 4.78 is 0. The van der Waals surface area contributed by atoms with E-state index in [9.17, 15) is 4.79 Å². The summed E-state index contributed by atoms with van der Waals surface area (Å²) in [6.07, 6.45) is 0. The van der Waals surface area contributed by atoms with Gasteiger partial charge in [0.2, 0.25) is 5.91 Å². The number of hydrogen-bond acceptors (Lipinski definition) is 2. The van der Waals surface area contributed by atoms with E-state index >= 15 is 0 Å². The number of nitrogens with one attached hydrogen (secondary N) is 1. The van der Waals surface area contributed by atoms with Crippen molar-refractivity contribution in [2.45, 2.75) is 20.8 Å². The minimum absolute atomic E-state index is 0.102. The van der Waals surface area contributed by atoms with Gasteiger partial charge >= 0.3 is 0 Å². The molecular weight excluding hydrogens is 164 g/mol. The molecule has 0 aliphatic rings. The summed E-state index contributed by atoms with van der Waals surface area (Å²) >= 11 is 0. The number of anilines is 2. The second-order valence-electron chi connectivity index (χ2n) is 3.20. The quantitative estimate of drug-likeness (QED) is 0.645. The van der Waals surface area contributed by atoms with Crippen LogP contribution in [0.15, 0.2) is 12.1 Å². The molecule has 0 bridgehead atoms. The summed E-state index contributed by atoms with van der Waals surface area (Å²) in [7, 11) is 0. The van der Waals surface area contributed by atoms with E-state index in [1.165, 1.54) is 6.92 Å². The lowest BCUT2D eigenvalue weighted by atomic mass is 10.1. The first-order valence-electron chi connectivity index (χ1n) is 4.15. The van der Waals surface area contributed by atoms with Crippen LogP contribution in [0.25, 0.3) is 0 Å². The van der Waals surface area contributed by atoms with Gasteiger partial charge in [0.15, 0.2) is 0 Å². The van der Waals surface area contributed by atoms with Crippen molar-refractivity contribution >= 4 is 17.3 Å². The summed E-state index contributed by atoms with van der Waals surface area (Å²) in [5.41, 5.74) is 9.28. The maximum atomic E-state index is 10.8. The van der Waals surface area contributed by atoms with Gasteiger partial charge in [-0.2, -0.15) is 0 Å². The van der Waals surface area contributed by atoms with Crippen LogP contribution >= 0.6 is 0 Å². The third-order valence-electron chi connectivity index (χ3n) is 1.98. The largest absolute Gasteiger partial charge is 0.397 e. The third kappa shape index (κ3) is 2.21. The Kier molecular flexibility index (Phi) is 2.56. The van der Waals surface area contributed by atoms with E-state index in [1.54, 1.807) is 0 Å². The monoisotopic (exact) mass is 178 g/mol. The highest BCUT2D eigenvalue weighted by Gasteiger charge is 2.03. The van der Waals surface area contributed by atoms with E-state index < -0.39 is 0 Å². The number of amides is 1. The molecular formula is C10H14N2O. The van der Waals surface area contributed by atoms with E-state index in [0.29, 0.717) is 11.4 Å². The number of nitrogen functional groups attached to an aromatic ring is 1. The standard InChI is InChI=1S/C10H14N2O/c1-6-4-9(11)10(5-7(6)2)12-8(3)13/h4-5H,11H2,1-3H3,(H,12,13). The van der Waals surface area contributed by atoms with Gasteiger partial charge < -0.3 is 11.1 Å². The van der Waals surface area contributed by atoms with E-state index in [-0.39, 0.29) is 5.91 Å². The Labute approximate surface area is 77.9 Å². The highest BCUT2D eigenvalue weighted by atomic mass is 16.1. The van der Waals surface area contributed by atoms with E-state index in [1.807, 2.05) is 26.0 Å². The second kappa shape index (κ2) is 3.47. The van der Waals surface area contributed by atoms with Gasteiger partial charge in [0.25, 0.3) is 0 Å². The molecule has 0 aromatic heterocycles. The number of nitrogens with two attached hydrogens (primary N) is 1. The van der Waals surface area contributed by atoms with Crippen LogP contribution in [-0.4, -0.2) is 5.91 Å². The molecule has 1 aromatic rings. The first-order chi connectivity index (χ1) is 6.00. The topological polar surface area (TPSA) is 55.1 Å². The van der Waals surface area contributed by atoms with Crippen molar-refractivity contribution in [1.29, 1.82) is 0 Å². The maximum absolute atomic E-state index is 10.8. The van der Waals surface area contributed by atoms with E-state index in [2.05, 4.69) is 5.32 Å². The van der Waals surface area contributed by atoms with Crippen LogP contribution in [0.3, 0.4) is 0 Å². The lowest BCUT2D eigenvalue weighted by molar-refractivity contribution is -0.114. The molecule has 0 radical (unpaired) electrons. The second-order valence-corrected chi connectivity index (χ2v) is 3.20. The predicted octanol–water partition coefficient (Wildman–Crippen LogP) is 1.84. The molecule has 1 rings (SSSR count). The zero-order chi connectivity index (χ0) is 10.0. The fourth-order valence-electron chi connectivity index (χ4n) is 1.14. The number of rotatable bonds is 1. The zero-order valence-electron chi connectivity index (χ0n) is 8.14. The lowest BCUT2D eigenvalue weighted by Gasteiger charge is -2.09. The lowest BCUT2D eigenvalue weighted by Crippen LogP contribution is -2.08. The molecule has 0 aliphatic carbocycles. The molecule has 1 amide bonds. The van der Waals surface area contributed by atoms with Crippen molar-refractivity contribution in [3.63, 3.8) is 0 Å². The SMILES string of the molecule is CC(=O)Nc1cc(C)c(C)cc1N. The molecule has 70 valence electrons. The van der Waals surface area contributed by atoms with Crippen molar-refractivity contribution in [2.24, 2.45) is 0 Å². The molecule has 0 saturated heterocycles. The van der Waals surface area contributed by atoms with Crippen molar-refractivity contribution in [3.05, 3.63) is 23.3 Å². The van der Waals surface area contributed by atoms with Crippen molar-refractivity contribution in [1.82, 2.24) is 0 Å². The Morgan fingerprint density at radius 1 is 1.31 bits per heavy atom. The van der Waals surface area contributed by atoms with Gasteiger partial charge in [0.05, 0.1) is 11.4 Å². The zero-order valence-corrected chi connectivity index (χ0v) is 8.14. The van der Waals surface area contributed by atoms with Crippen LogP contribution in [-0.2, 0) is 4.79 Å². The number of hydrogen-bond donors (Lipinski definition) is 2. The average Bonchev–Trinajstić information content (AvgIpc) is 1.99. The molecule has 13 heavy (non-hydrogen) atoms. The van der Waals surface area contributed by atoms with Crippen molar-refractivity contribution in [3.8, 4) is 0 Å². The predicted molar refractivity (Wildman–Crippen MR) is 54.6 cm³/mol. The van der Waals surface area contributed by atoms with E-state index in [4.69, 9.17) is 5.73 Å². The Bertz CT molecular complexity index is 345. The molecule has 0 heterocycles. The Morgan fingerprint density at radius 3 is 2.38 bits per heavy atom. The molecule has 0 spiro atoms. The summed E-state index contributed by atoms with van der Waals surface area (Å²) in [5.74, 6) is -0.102. The summed E-state index contributed by atoms with van der Waals surface area (Å²) in [6.45, 7) is 5.44. The minimum atomic E-state index is -0.102. The van der Waals surface area contributed by atoms with Gasteiger partial charge in [-0.15, -0.1) is 0 Å². The Balaban J connectivity index is 3.08. The Hall–Kier alpha value is -1.51. The number of carbonyl (C=O) groups is 1. The first kappa shape index (κ1) is 9.58. The number of carbonyl (C=O) groups excluding carboxylic acids is 1. The number of benzene rings is 1. The van der Waals surface area contributed by atoms with Crippen LogP contribution < -0.4 is 11.1 Å². The fourth-order valence-corrected chi connectivity index (χ4v) is 1.14. The normalized spacial score (nSPS) is 9.77. The van der Waals surface area contributed by atoms with Crippen LogP contribution in [0.2, 0.25) is 0 Å². The third-order valence-corrected chi connectivity index (χ3v) is 1.98. The summed E-state index contributed by atoms with van der Waals surface area (Å²) in [5, 5.41) is 2.68. The van der Waals surface area contributed by atoms with Gasteiger partial charge in [-0.05, 0) is 37.1 Å². The summed E-state index contributed by atoms with van der Waals surface area (Å²) in [4.78, 5) is 10.8. The average molecular weight is 178 g/mol. The Morgan fingerprint density at radius 2 is 1.85 bits per heavy atom. The highest BCUT2D eigenvalue weighted by Crippen LogP contribution is 2.22. The van der Waals surface area contributed by atoms with Crippen LogP contribution in [0.1, 0.15) is 18.1 Å². The first-order valence-corrected chi connectivity index (χ1v) is 4.15. The van der Waals surface area contributed by atoms with E-state index in [0.717, 1.165) is 11.1 Å². The molecule has 3 nitrogen and oxygen atoms in total. The van der Waals surface area contributed by atoms with Crippen LogP contribution in [0.5, 0.6) is 0 Å². The highest BCUT2D eigenvalue weighted by molar-refractivity contribution is 5.92. The smallest absolute Gasteiger partial charge is 0.221 e. The maximum Gasteiger partial charge on any atom is 0.221 e. The molecule has 0 aliphatic heterocycles. The summed E-state index contributed by atoms with van der Waals surface area (Å²) in [6, 6.07) is 3.74. The van der Waals surface area contributed by atoms with Gasteiger partial charge in [-0.1, -0.05) is 0 Å². The van der Waals surface area contributed by atoms with Crippen molar-refractivity contribution in [2.75, 3.05) is 11.1 Å². The molecule has 3 N–H and O–H groups in total. The molecule has 0 atom stereocenters. The van der Waals surface area contributed by atoms with Gasteiger partial charge in [-0.3, -0.25) is 4.79 Å². The fraction of sp³-hybridized carbons (Fsp3) is 0.300. The van der Waals surface area contributed by atoms with Gasteiger partial charge in [0, 0.05) is 6.92 Å². The van der Waals surface area contributed by atoms with Crippen LogP contribution in [0.4, 0.5) is 11.4 Å². The van der Waals surface area contributed by atoms with Crippen LogP contribution in [0, 0.1) is 13.8 Å². The molecule has 1 aromatic carbocycles. The molecule has 0 saturated carbocycles. The van der Waals surface area contributed by atoms with Gasteiger partial charge in [-0.25, -0.2) is 0 Å². The molecule has 0 unspecified atom stereocenters. The molecule has 0 fully saturated rings. The minimum Gasteiger partial charge on any atom is -0.397 e. The van der Waals surface area contributed by atoms with Crippen molar-refractivity contribution < 1.29 is 4.79 Å². The van der Waals surface area contributed by atoms with Gasteiger partial charge in [0.1, 0.15) is 0 Å². The number of aryl methyl sites for hydroxylation is 2.